The average molecular weight is 511 g/mol. The SMILES string of the molecule is C=Cc1ccccc1C=C.I[I-]I. The predicted octanol–water partition coefficient (Wildman–Crippen LogP) is 1.75. The number of benzene rings is 1. The third-order valence-electron chi connectivity index (χ3n) is 1.44. The summed E-state index contributed by atoms with van der Waals surface area (Å²) in [6, 6.07) is 8.02. The van der Waals surface area contributed by atoms with E-state index in [-0.39, 0.29) is 0 Å². The van der Waals surface area contributed by atoms with Gasteiger partial charge in [0.1, 0.15) is 0 Å². The van der Waals surface area contributed by atoms with Gasteiger partial charge in [-0.25, -0.2) is 0 Å². The molecule has 72 valence electrons. The Morgan fingerprint density at radius 1 is 1.00 bits per heavy atom. The summed E-state index contributed by atoms with van der Waals surface area (Å²) in [5.41, 5.74) is 2.27. The zero-order chi connectivity index (χ0) is 10.1. The number of hydrogen-bond donors (Lipinski definition) is 0. The first-order chi connectivity index (χ1) is 6.29. The molecule has 13 heavy (non-hydrogen) atoms. The van der Waals surface area contributed by atoms with Gasteiger partial charge < -0.3 is 0 Å². The Morgan fingerprint density at radius 2 is 1.31 bits per heavy atom. The average Bonchev–Trinajstić information content (AvgIpc) is 2.19. The van der Waals surface area contributed by atoms with Crippen LogP contribution in [0.25, 0.3) is 12.2 Å². The zero-order valence-corrected chi connectivity index (χ0v) is 13.5. The minimum atomic E-state index is 0.530. The van der Waals surface area contributed by atoms with Gasteiger partial charge in [0.25, 0.3) is 0 Å². The van der Waals surface area contributed by atoms with Gasteiger partial charge >= 0.3 is 50.5 Å². The van der Waals surface area contributed by atoms with Crippen LogP contribution in [-0.2, 0) is 0 Å². The summed E-state index contributed by atoms with van der Waals surface area (Å²) < 4.78 is 0. The summed E-state index contributed by atoms with van der Waals surface area (Å²) >= 11 is 5.30. The maximum absolute atomic E-state index is 3.69. The van der Waals surface area contributed by atoms with Crippen LogP contribution in [0.15, 0.2) is 37.4 Å². The van der Waals surface area contributed by atoms with Crippen LogP contribution >= 0.6 is 37.2 Å². The third kappa shape index (κ3) is 6.05. The molecule has 0 bridgehead atoms. The molecular weight excluding hydrogens is 501 g/mol. The number of rotatable bonds is 2. The summed E-state index contributed by atoms with van der Waals surface area (Å²) in [6.45, 7) is 7.38. The minimum absolute atomic E-state index is 0.530. The van der Waals surface area contributed by atoms with Gasteiger partial charge in [-0.2, -0.15) is 0 Å². The molecule has 0 heterocycles. The van der Waals surface area contributed by atoms with Crippen LogP contribution in [0, 0.1) is 0 Å². The molecule has 0 atom stereocenters. The van der Waals surface area contributed by atoms with Crippen LogP contribution in [0.5, 0.6) is 0 Å². The summed E-state index contributed by atoms with van der Waals surface area (Å²) in [5, 5.41) is 0. The molecule has 0 aliphatic carbocycles. The first-order valence-electron chi connectivity index (χ1n) is 3.51. The van der Waals surface area contributed by atoms with Crippen molar-refractivity contribution < 1.29 is 13.3 Å². The first kappa shape index (κ1) is 13.9. The van der Waals surface area contributed by atoms with Gasteiger partial charge in [0.05, 0.1) is 0 Å². The van der Waals surface area contributed by atoms with Crippen molar-refractivity contribution in [3.05, 3.63) is 48.6 Å². The molecule has 3 heteroatoms. The van der Waals surface area contributed by atoms with Gasteiger partial charge in [-0.1, -0.05) is 49.6 Å². The van der Waals surface area contributed by atoms with E-state index in [1.54, 1.807) is 0 Å². The number of hydrogen-bond acceptors (Lipinski definition) is 0. The topological polar surface area (TPSA) is 0 Å². The van der Waals surface area contributed by atoms with Crippen LogP contribution in [-0.4, -0.2) is 0 Å². The number of halogens is 3. The molecule has 0 aliphatic heterocycles. The second kappa shape index (κ2) is 9.45. The zero-order valence-electron chi connectivity index (χ0n) is 7.01. The Hall–Kier alpha value is 0.890. The van der Waals surface area contributed by atoms with E-state index in [1.165, 1.54) is 0 Å². The fourth-order valence-corrected chi connectivity index (χ4v) is 0.883. The summed E-state index contributed by atoms with van der Waals surface area (Å²) in [4.78, 5) is 0. The Morgan fingerprint density at radius 3 is 1.54 bits per heavy atom. The molecule has 0 N–H and O–H groups in total. The van der Waals surface area contributed by atoms with Gasteiger partial charge in [0, 0.05) is 0 Å². The van der Waals surface area contributed by atoms with Crippen molar-refractivity contribution in [2.24, 2.45) is 0 Å². The van der Waals surface area contributed by atoms with E-state index < -0.39 is 0 Å². The van der Waals surface area contributed by atoms with Crippen LogP contribution in [0.2, 0.25) is 0 Å². The molecule has 0 spiro atoms. The van der Waals surface area contributed by atoms with Crippen LogP contribution in [0.1, 0.15) is 11.1 Å². The van der Waals surface area contributed by atoms with E-state index in [2.05, 4.69) is 50.4 Å². The summed E-state index contributed by atoms with van der Waals surface area (Å²) in [6.07, 6.45) is 3.66. The van der Waals surface area contributed by atoms with Gasteiger partial charge in [-0.05, 0) is 11.1 Å². The quantitative estimate of drug-likeness (QED) is 0.532. The Bertz CT molecular complexity index is 242. The predicted molar refractivity (Wildman–Crippen MR) is 74.7 cm³/mol. The van der Waals surface area contributed by atoms with Crippen molar-refractivity contribution in [2.75, 3.05) is 0 Å². The van der Waals surface area contributed by atoms with Crippen molar-refractivity contribution >= 4 is 49.4 Å². The van der Waals surface area contributed by atoms with E-state index >= 15 is 0 Å². The van der Waals surface area contributed by atoms with Crippen molar-refractivity contribution in [2.45, 2.75) is 0 Å². The molecule has 0 saturated heterocycles. The normalized spacial score (nSPS) is 8.46. The molecule has 1 rings (SSSR count). The third-order valence-corrected chi connectivity index (χ3v) is 1.44. The van der Waals surface area contributed by atoms with Crippen LogP contribution < -0.4 is 13.3 Å². The monoisotopic (exact) mass is 511 g/mol. The fourth-order valence-electron chi connectivity index (χ4n) is 0.883. The van der Waals surface area contributed by atoms with Gasteiger partial charge in [0.15, 0.2) is 0 Å². The molecular formula is C10H10I3-. The molecule has 0 amide bonds. The van der Waals surface area contributed by atoms with Gasteiger partial charge in [0.2, 0.25) is 0 Å². The standard InChI is InChI=1S/C10H10.I3/c1-3-9-7-5-6-8-10(9)4-2;1-3-2/h3-8H,1-2H2;/q;-1. The second-order valence-electron chi connectivity index (χ2n) is 2.09. The Balaban J connectivity index is 0.000000424. The Labute approximate surface area is 110 Å². The molecule has 0 aliphatic rings. The molecule has 0 unspecified atom stereocenters. The van der Waals surface area contributed by atoms with Crippen LogP contribution in [0.3, 0.4) is 0 Å². The molecule has 0 radical (unpaired) electrons. The van der Waals surface area contributed by atoms with E-state index in [0.717, 1.165) is 11.1 Å². The van der Waals surface area contributed by atoms with Crippen molar-refractivity contribution in [3.8, 4) is 0 Å². The molecule has 0 aromatic heterocycles. The first-order valence-corrected chi connectivity index (χ1v) is 16.1. The molecule has 0 fully saturated rings. The molecule has 0 saturated carbocycles. The van der Waals surface area contributed by atoms with Gasteiger partial charge in [-0.15, -0.1) is 0 Å². The maximum atomic E-state index is 3.69. The molecule has 1 aromatic carbocycles. The van der Waals surface area contributed by atoms with Crippen molar-refractivity contribution in [3.63, 3.8) is 0 Å². The van der Waals surface area contributed by atoms with E-state index in [1.807, 2.05) is 36.4 Å². The van der Waals surface area contributed by atoms with E-state index in [9.17, 15) is 0 Å². The van der Waals surface area contributed by atoms with Crippen molar-refractivity contribution in [1.82, 2.24) is 0 Å². The Kier molecular flexibility index (Phi) is 10.1. The summed E-state index contributed by atoms with van der Waals surface area (Å²) in [5.74, 6) is 0. The summed E-state index contributed by atoms with van der Waals surface area (Å²) in [7, 11) is 0. The van der Waals surface area contributed by atoms with E-state index in [4.69, 9.17) is 0 Å². The molecule has 0 nitrogen and oxygen atoms in total. The molecule has 1 aromatic rings. The van der Waals surface area contributed by atoms with Crippen molar-refractivity contribution in [1.29, 1.82) is 0 Å². The van der Waals surface area contributed by atoms with Crippen LogP contribution in [0.4, 0.5) is 0 Å². The second-order valence-corrected chi connectivity index (χ2v) is 18.3. The van der Waals surface area contributed by atoms with E-state index in [0.29, 0.717) is 13.3 Å². The fraction of sp³-hybridized carbons (Fsp3) is 0. The van der Waals surface area contributed by atoms with Gasteiger partial charge in [-0.3, -0.25) is 0 Å².